The SMILES string of the molecule is CCOC(=O)C(C)(C)c1ccc(C2(N)COC2)cc1. The van der Waals surface area contributed by atoms with Crippen LogP contribution < -0.4 is 5.73 Å². The first-order valence-electron chi connectivity index (χ1n) is 6.55. The van der Waals surface area contributed by atoms with E-state index >= 15 is 0 Å². The van der Waals surface area contributed by atoms with Crippen LogP contribution in [-0.4, -0.2) is 25.8 Å². The Balaban J connectivity index is 2.20. The number of carbonyl (C=O) groups excluding carboxylic acids is 1. The van der Waals surface area contributed by atoms with Crippen LogP contribution in [0.3, 0.4) is 0 Å². The Hall–Kier alpha value is -1.39. The van der Waals surface area contributed by atoms with E-state index in [4.69, 9.17) is 15.2 Å². The normalized spacial score (nSPS) is 17.7. The molecule has 1 aromatic rings. The summed E-state index contributed by atoms with van der Waals surface area (Å²) in [4.78, 5) is 11.9. The minimum absolute atomic E-state index is 0.211. The first-order chi connectivity index (χ1) is 8.90. The molecule has 0 atom stereocenters. The second-order valence-electron chi connectivity index (χ2n) is 5.57. The van der Waals surface area contributed by atoms with E-state index in [1.165, 1.54) is 0 Å². The van der Waals surface area contributed by atoms with Crippen LogP contribution in [0.1, 0.15) is 31.9 Å². The van der Waals surface area contributed by atoms with E-state index in [1.807, 2.05) is 45.0 Å². The van der Waals surface area contributed by atoms with E-state index in [0.29, 0.717) is 19.8 Å². The van der Waals surface area contributed by atoms with E-state index in [1.54, 1.807) is 0 Å². The summed E-state index contributed by atoms with van der Waals surface area (Å²) in [6.45, 7) is 7.03. The van der Waals surface area contributed by atoms with Crippen molar-refractivity contribution in [3.05, 3.63) is 35.4 Å². The van der Waals surface area contributed by atoms with Crippen molar-refractivity contribution in [2.24, 2.45) is 5.73 Å². The Bertz CT molecular complexity index is 461. The van der Waals surface area contributed by atoms with Gasteiger partial charge in [-0.25, -0.2) is 0 Å². The standard InChI is InChI=1S/C15H21NO3/c1-4-19-13(17)14(2,3)11-5-7-12(8-6-11)15(16)9-18-10-15/h5-8H,4,9-10,16H2,1-3H3. The Kier molecular flexibility index (Phi) is 3.65. The zero-order valence-electron chi connectivity index (χ0n) is 11.7. The number of ether oxygens (including phenoxy) is 2. The van der Waals surface area contributed by atoms with Crippen LogP contribution in [-0.2, 0) is 25.2 Å². The average molecular weight is 263 g/mol. The third-order valence-electron chi connectivity index (χ3n) is 3.69. The summed E-state index contributed by atoms with van der Waals surface area (Å²) in [5, 5.41) is 0. The quantitative estimate of drug-likeness (QED) is 0.840. The smallest absolute Gasteiger partial charge is 0.315 e. The molecule has 104 valence electrons. The van der Waals surface area contributed by atoms with Gasteiger partial charge in [-0.2, -0.15) is 0 Å². The van der Waals surface area contributed by atoms with E-state index in [2.05, 4.69) is 0 Å². The number of carbonyl (C=O) groups is 1. The molecule has 1 saturated heterocycles. The van der Waals surface area contributed by atoms with Gasteiger partial charge in [-0.1, -0.05) is 24.3 Å². The summed E-state index contributed by atoms with van der Waals surface area (Å²) in [6.07, 6.45) is 0. The van der Waals surface area contributed by atoms with Crippen LogP contribution in [0.15, 0.2) is 24.3 Å². The molecular formula is C15H21NO3. The van der Waals surface area contributed by atoms with Gasteiger partial charge < -0.3 is 15.2 Å². The summed E-state index contributed by atoms with van der Waals surface area (Å²) in [7, 11) is 0. The molecule has 0 unspecified atom stereocenters. The molecule has 1 aliphatic heterocycles. The van der Waals surface area contributed by atoms with Crippen molar-refractivity contribution >= 4 is 5.97 Å². The number of nitrogens with two attached hydrogens (primary N) is 1. The second kappa shape index (κ2) is 4.94. The number of rotatable bonds is 4. The predicted octanol–water partition coefficient (Wildman–Crippen LogP) is 1.71. The Morgan fingerprint density at radius 3 is 2.37 bits per heavy atom. The highest BCUT2D eigenvalue weighted by Crippen LogP contribution is 2.30. The van der Waals surface area contributed by atoms with Gasteiger partial charge in [0, 0.05) is 0 Å². The van der Waals surface area contributed by atoms with Gasteiger partial charge in [0.05, 0.1) is 30.8 Å². The molecule has 19 heavy (non-hydrogen) atoms. The summed E-state index contributed by atoms with van der Waals surface area (Å²) in [6, 6.07) is 7.83. The van der Waals surface area contributed by atoms with Gasteiger partial charge in [0.1, 0.15) is 0 Å². The van der Waals surface area contributed by atoms with Crippen LogP contribution in [0.4, 0.5) is 0 Å². The molecule has 1 aromatic carbocycles. The number of hydrogen-bond acceptors (Lipinski definition) is 4. The lowest BCUT2D eigenvalue weighted by atomic mass is 9.82. The van der Waals surface area contributed by atoms with Gasteiger partial charge in [-0.15, -0.1) is 0 Å². The summed E-state index contributed by atoms with van der Waals surface area (Å²) < 4.78 is 10.3. The van der Waals surface area contributed by atoms with Crippen LogP contribution in [0.5, 0.6) is 0 Å². The Labute approximate surface area is 113 Å². The van der Waals surface area contributed by atoms with Crippen molar-refractivity contribution in [3.8, 4) is 0 Å². The van der Waals surface area contributed by atoms with Crippen molar-refractivity contribution in [1.82, 2.24) is 0 Å². The molecule has 0 saturated carbocycles. The topological polar surface area (TPSA) is 61.5 Å². The van der Waals surface area contributed by atoms with E-state index in [9.17, 15) is 4.79 Å². The highest BCUT2D eigenvalue weighted by molar-refractivity contribution is 5.82. The maximum atomic E-state index is 11.9. The third kappa shape index (κ3) is 2.51. The lowest BCUT2D eigenvalue weighted by Crippen LogP contribution is -2.54. The zero-order valence-corrected chi connectivity index (χ0v) is 11.7. The largest absolute Gasteiger partial charge is 0.465 e. The third-order valence-corrected chi connectivity index (χ3v) is 3.69. The molecule has 1 heterocycles. The Morgan fingerprint density at radius 2 is 1.95 bits per heavy atom. The molecule has 2 N–H and O–H groups in total. The zero-order chi connectivity index (χ0) is 14.1. The number of hydrogen-bond donors (Lipinski definition) is 1. The van der Waals surface area contributed by atoms with Crippen LogP contribution >= 0.6 is 0 Å². The van der Waals surface area contributed by atoms with Gasteiger partial charge in [0.15, 0.2) is 0 Å². The molecule has 0 spiro atoms. The second-order valence-corrected chi connectivity index (χ2v) is 5.57. The molecule has 2 rings (SSSR count). The van der Waals surface area contributed by atoms with Crippen molar-refractivity contribution in [2.75, 3.05) is 19.8 Å². The van der Waals surface area contributed by atoms with Gasteiger partial charge in [0.2, 0.25) is 0 Å². The van der Waals surface area contributed by atoms with Gasteiger partial charge in [-0.3, -0.25) is 4.79 Å². The highest BCUT2D eigenvalue weighted by Gasteiger charge is 2.37. The monoisotopic (exact) mass is 263 g/mol. The lowest BCUT2D eigenvalue weighted by Gasteiger charge is -2.38. The fraction of sp³-hybridized carbons (Fsp3) is 0.533. The van der Waals surface area contributed by atoms with Crippen LogP contribution in [0, 0.1) is 0 Å². The Morgan fingerprint density at radius 1 is 1.37 bits per heavy atom. The highest BCUT2D eigenvalue weighted by atomic mass is 16.5. The fourth-order valence-electron chi connectivity index (χ4n) is 2.14. The van der Waals surface area contributed by atoms with E-state index in [-0.39, 0.29) is 11.5 Å². The summed E-state index contributed by atoms with van der Waals surface area (Å²) in [5.41, 5.74) is 7.13. The van der Waals surface area contributed by atoms with Crippen molar-refractivity contribution in [1.29, 1.82) is 0 Å². The van der Waals surface area contributed by atoms with Gasteiger partial charge in [0.25, 0.3) is 0 Å². The van der Waals surface area contributed by atoms with E-state index in [0.717, 1.165) is 11.1 Å². The molecule has 0 amide bonds. The molecule has 1 aliphatic rings. The lowest BCUT2D eigenvalue weighted by molar-refractivity contribution is -0.148. The molecule has 1 fully saturated rings. The van der Waals surface area contributed by atoms with Crippen molar-refractivity contribution in [2.45, 2.75) is 31.7 Å². The summed E-state index contributed by atoms with van der Waals surface area (Å²) in [5.74, 6) is -0.211. The number of esters is 1. The minimum Gasteiger partial charge on any atom is -0.465 e. The predicted molar refractivity (Wildman–Crippen MR) is 72.8 cm³/mol. The van der Waals surface area contributed by atoms with Gasteiger partial charge >= 0.3 is 5.97 Å². The molecular weight excluding hydrogens is 242 g/mol. The molecule has 0 aromatic heterocycles. The molecule has 4 heteroatoms. The first kappa shape index (κ1) is 14.0. The summed E-state index contributed by atoms with van der Waals surface area (Å²) >= 11 is 0. The molecule has 0 aliphatic carbocycles. The molecule has 0 radical (unpaired) electrons. The van der Waals surface area contributed by atoms with E-state index < -0.39 is 5.41 Å². The first-order valence-corrected chi connectivity index (χ1v) is 6.55. The minimum atomic E-state index is -0.646. The molecule has 0 bridgehead atoms. The van der Waals surface area contributed by atoms with Crippen molar-refractivity contribution in [3.63, 3.8) is 0 Å². The molecule has 4 nitrogen and oxygen atoms in total. The number of benzene rings is 1. The van der Waals surface area contributed by atoms with Crippen LogP contribution in [0.25, 0.3) is 0 Å². The maximum absolute atomic E-state index is 11.9. The van der Waals surface area contributed by atoms with Crippen LogP contribution in [0.2, 0.25) is 0 Å². The van der Waals surface area contributed by atoms with Gasteiger partial charge in [-0.05, 0) is 31.9 Å². The van der Waals surface area contributed by atoms with Crippen molar-refractivity contribution < 1.29 is 14.3 Å². The average Bonchev–Trinajstić information content (AvgIpc) is 2.36. The fourth-order valence-corrected chi connectivity index (χ4v) is 2.14. The maximum Gasteiger partial charge on any atom is 0.315 e.